The molecule has 0 saturated heterocycles. The molecule has 0 saturated carbocycles. The molecule has 0 bridgehead atoms. The summed E-state index contributed by atoms with van der Waals surface area (Å²) in [7, 11) is 0. The summed E-state index contributed by atoms with van der Waals surface area (Å²) in [6.07, 6.45) is 0. The Labute approximate surface area is 773 Å². The molecule has 4 aromatic heterocycles. The summed E-state index contributed by atoms with van der Waals surface area (Å²) in [5, 5.41) is 17.8. The molecule has 28 rings (SSSR count). The molecule has 4 heterocycles. The lowest BCUT2D eigenvalue weighted by atomic mass is 9.65. The highest BCUT2D eigenvalue weighted by Crippen LogP contribution is 2.64. The van der Waals surface area contributed by atoms with E-state index >= 15 is 0 Å². The molecule has 0 fully saturated rings. The van der Waals surface area contributed by atoms with Crippen LogP contribution in [0.5, 0.6) is 0 Å². The molecule has 134 heavy (non-hydrogen) atoms. The van der Waals surface area contributed by atoms with E-state index in [1.165, 1.54) is 100 Å². The number of hydrogen-bond donors (Lipinski definition) is 0. The zero-order valence-electron chi connectivity index (χ0n) is 74.0. The highest BCUT2D eigenvalue weighted by Gasteiger charge is 2.50. The van der Waals surface area contributed by atoms with E-state index in [1.54, 1.807) is 0 Å². The SMILES string of the molecule is Cc1ccc(C2(c3ccc(C)cc3)c3ccc(-c4ccc(-c5cccc6c(-c7cccc8c7C(c7ccc(C)cc7)(c7ccc(C)cc7)c7ccccc7-8)c7cccc(-c8cccc9oc%10ccccc%10c89)c7cc56)c5c4oc4ccccc45)cc3-c3cccc(-c4c5cccc(-c6ccc7oc8ccccc8c7c6)c5cc5c(-c6ccc7oc8ccccc8c7c6)cccc45)c32)cc1. The van der Waals surface area contributed by atoms with Gasteiger partial charge in [-0.05, 0) is 289 Å². The lowest BCUT2D eigenvalue weighted by Crippen LogP contribution is -2.29. The first-order chi connectivity index (χ1) is 66.1. The van der Waals surface area contributed by atoms with Crippen LogP contribution in [0, 0.1) is 27.7 Å². The average Bonchev–Trinajstić information content (AvgIpc) is 1.52. The van der Waals surface area contributed by atoms with Crippen molar-refractivity contribution in [2.24, 2.45) is 0 Å². The third-order valence-corrected chi connectivity index (χ3v) is 30.0. The van der Waals surface area contributed by atoms with Gasteiger partial charge in [-0.25, -0.2) is 0 Å². The second kappa shape index (κ2) is 28.8. The minimum atomic E-state index is -0.854. The molecular formula is C130H82O4. The molecule has 2 aliphatic rings. The van der Waals surface area contributed by atoms with E-state index in [9.17, 15) is 0 Å². The van der Waals surface area contributed by atoms with Gasteiger partial charge >= 0.3 is 0 Å². The van der Waals surface area contributed by atoms with Gasteiger partial charge in [-0.3, -0.25) is 0 Å². The van der Waals surface area contributed by atoms with Gasteiger partial charge in [0.05, 0.1) is 10.8 Å². The van der Waals surface area contributed by atoms with Crippen molar-refractivity contribution in [2.75, 3.05) is 0 Å². The molecule has 22 aromatic carbocycles. The van der Waals surface area contributed by atoms with Crippen LogP contribution >= 0.6 is 0 Å². The molecule has 2 aliphatic carbocycles. The van der Waals surface area contributed by atoms with Gasteiger partial charge in [0.1, 0.15) is 44.7 Å². The summed E-state index contributed by atoms with van der Waals surface area (Å²) in [4.78, 5) is 0. The topological polar surface area (TPSA) is 52.6 Å². The first kappa shape index (κ1) is 76.0. The van der Waals surface area contributed by atoms with E-state index in [4.69, 9.17) is 17.7 Å². The van der Waals surface area contributed by atoms with E-state index in [2.05, 4.69) is 452 Å². The highest BCUT2D eigenvalue weighted by molar-refractivity contribution is 6.27. The van der Waals surface area contributed by atoms with Crippen molar-refractivity contribution in [3.05, 3.63) is 491 Å². The number of rotatable bonds is 11. The van der Waals surface area contributed by atoms with Crippen molar-refractivity contribution in [1.29, 1.82) is 0 Å². The van der Waals surface area contributed by atoms with Gasteiger partial charge in [-0.2, -0.15) is 0 Å². The zero-order valence-corrected chi connectivity index (χ0v) is 74.0. The minimum Gasteiger partial charge on any atom is -0.456 e. The van der Waals surface area contributed by atoms with Crippen LogP contribution in [0.2, 0.25) is 0 Å². The van der Waals surface area contributed by atoms with Gasteiger partial charge in [-0.15, -0.1) is 0 Å². The molecule has 0 N–H and O–H groups in total. The molecule has 0 unspecified atom stereocenters. The zero-order chi connectivity index (χ0) is 88.5. The smallest absolute Gasteiger partial charge is 0.143 e. The third kappa shape index (κ3) is 10.8. The quantitative estimate of drug-likeness (QED) is 0.121. The number of para-hydroxylation sites is 4. The van der Waals surface area contributed by atoms with Crippen LogP contribution in [-0.2, 0) is 10.8 Å². The van der Waals surface area contributed by atoms with E-state index < -0.39 is 10.8 Å². The molecule has 26 aromatic rings. The third-order valence-electron chi connectivity index (χ3n) is 30.0. The maximum atomic E-state index is 7.61. The van der Waals surface area contributed by atoms with E-state index in [0.29, 0.717) is 0 Å². The summed E-state index contributed by atoms with van der Waals surface area (Å²) in [5.41, 5.74) is 40.4. The molecule has 626 valence electrons. The van der Waals surface area contributed by atoms with E-state index in [1.807, 2.05) is 0 Å². The molecule has 4 nitrogen and oxygen atoms in total. The van der Waals surface area contributed by atoms with Crippen molar-refractivity contribution in [2.45, 2.75) is 38.5 Å². The molecule has 0 aliphatic heterocycles. The van der Waals surface area contributed by atoms with Crippen LogP contribution in [0.3, 0.4) is 0 Å². The Balaban J connectivity index is 0.694. The molecular weight excluding hydrogens is 1630 g/mol. The van der Waals surface area contributed by atoms with E-state index in [0.717, 1.165) is 198 Å². The highest BCUT2D eigenvalue weighted by atomic mass is 16.3. The maximum absolute atomic E-state index is 7.61. The van der Waals surface area contributed by atoms with Gasteiger partial charge in [0.25, 0.3) is 0 Å². The molecule has 0 radical (unpaired) electrons. The van der Waals surface area contributed by atoms with Crippen molar-refractivity contribution in [3.8, 4) is 100 Å². The normalized spacial score (nSPS) is 13.2. The molecule has 0 spiro atoms. The Morgan fingerprint density at radius 3 is 0.978 bits per heavy atom. The lowest BCUT2D eigenvalue weighted by Gasteiger charge is -2.36. The minimum absolute atomic E-state index is 0.720. The van der Waals surface area contributed by atoms with Gasteiger partial charge in [0.2, 0.25) is 0 Å². The summed E-state index contributed by atoms with van der Waals surface area (Å²) < 4.78 is 27.5. The van der Waals surface area contributed by atoms with Crippen molar-refractivity contribution in [3.63, 3.8) is 0 Å². The Bertz CT molecular complexity index is 9270. The predicted molar refractivity (Wildman–Crippen MR) is 557 cm³/mol. The van der Waals surface area contributed by atoms with Crippen LogP contribution in [0.4, 0.5) is 0 Å². The number of hydrogen-bond acceptors (Lipinski definition) is 4. The van der Waals surface area contributed by atoms with E-state index in [-0.39, 0.29) is 0 Å². The fraction of sp³-hybridized carbons (Fsp3) is 0.0462. The van der Waals surface area contributed by atoms with Crippen molar-refractivity contribution >= 4 is 131 Å². The Morgan fingerprint density at radius 2 is 0.478 bits per heavy atom. The first-order valence-corrected chi connectivity index (χ1v) is 46.5. The second-order valence-corrected chi connectivity index (χ2v) is 37.2. The summed E-state index contributed by atoms with van der Waals surface area (Å²) in [6.45, 7) is 8.80. The van der Waals surface area contributed by atoms with Crippen molar-refractivity contribution in [1.82, 2.24) is 0 Å². The van der Waals surface area contributed by atoms with Crippen molar-refractivity contribution < 1.29 is 17.7 Å². The van der Waals surface area contributed by atoms with Gasteiger partial charge in [0.15, 0.2) is 0 Å². The summed E-state index contributed by atoms with van der Waals surface area (Å²) in [5.74, 6) is 0. The number of benzene rings is 22. The number of aryl methyl sites for hydroxylation is 4. The second-order valence-electron chi connectivity index (χ2n) is 37.2. The monoisotopic (exact) mass is 1710 g/mol. The molecule has 4 heteroatoms. The average molecular weight is 1710 g/mol. The summed E-state index contributed by atoms with van der Waals surface area (Å²) >= 11 is 0. The Morgan fingerprint density at radius 1 is 0.164 bits per heavy atom. The standard InChI is InChI=1S/C130H82O4/c1-75-46-57-82(58-47-75)129(83-59-48-76(2)49-60-83)113-40-10-5-22-91(113)100-36-19-38-104(126(100)129)123-97-33-17-29-89(94-35-21-45-121-124(94)102-25-8-13-43-117(102)133-121)108(97)74-109-90(30-18-34-98(109)123)99-66-65-88(128-125(99)103-26-9-14-44-118(103)134-128)81-54-67-114-110(70-81)101-37-20-39-105(127(101)130(114,84-61-50-77(3)51-62-84)85-63-52-78(4)53-64-85)122-95-31-15-27-86(79-55-68-119-111(71-79)92-23-6-11-41-115(92)131-119)106(95)73-107-87(28-16-32-96(107)122)80-56-69-120-112(72-80)93-24-7-12-42-116(93)132-120/h5-74H,1-4H3. The molecule has 0 atom stereocenters. The van der Waals surface area contributed by atoms with Crippen LogP contribution < -0.4 is 0 Å². The number of furan rings is 4. The van der Waals surface area contributed by atoms with Gasteiger partial charge in [-0.1, -0.05) is 368 Å². The lowest BCUT2D eigenvalue weighted by molar-refractivity contribution is 0.668. The Hall–Kier alpha value is -16.9. The van der Waals surface area contributed by atoms with Gasteiger partial charge < -0.3 is 17.7 Å². The van der Waals surface area contributed by atoms with Crippen LogP contribution in [-0.4, -0.2) is 0 Å². The van der Waals surface area contributed by atoms with Crippen LogP contribution in [0.1, 0.15) is 66.8 Å². The fourth-order valence-corrected chi connectivity index (χ4v) is 24.1. The summed E-state index contributed by atoms with van der Waals surface area (Å²) in [6, 6.07) is 160. The maximum Gasteiger partial charge on any atom is 0.143 e. The number of fused-ring (bicyclic) bond motifs is 22. The van der Waals surface area contributed by atoms with Gasteiger partial charge in [0, 0.05) is 48.7 Å². The first-order valence-electron chi connectivity index (χ1n) is 46.5. The van der Waals surface area contributed by atoms with Crippen LogP contribution in [0.25, 0.3) is 231 Å². The molecule has 0 amide bonds. The predicted octanol–water partition coefficient (Wildman–Crippen LogP) is 35.5. The largest absolute Gasteiger partial charge is 0.456 e. The Kier molecular flexibility index (Phi) is 16.3. The fourth-order valence-electron chi connectivity index (χ4n) is 24.1. The van der Waals surface area contributed by atoms with Crippen LogP contribution in [0.15, 0.2) is 442 Å².